The van der Waals surface area contributed by atoms with E-state index in [0.717, 1.165) is 0 Å². The molecular weight excluding hydrogens is 239 g/mol. The summed E-state index contributed by atoms with van der Waals surface area (Å²) in [4.78, 5) is 0.259. The zero-order valence-corrected chi connectivity index (χ0v) is 9.34. The van der Waals surface area contributed by atoms with E-state index in [9.17, 15) is 8.76 Å². The second-order valence-electron chi connectivity index (χ2n) is 1.80. The van der Waals surface area contributed by atoms with E-state index < -0.39 is 11.1 Å². The maximum atomic E-state index is 10.3. The zero-order valence-electron chi connectivity index (χ0n) is 5.69. The van der Waals surface area contributed by atoms with Gasteiger partial charge in [0.15, 0.2) is 0 Å². The molecule has 0 saturated heterocycles. The van der Waals surface area contributed by atoms with Crippen molar-refractivity contribution in [2.75, 3.05) is 5.73 Å². The number of hydrogen-bond acceptors (Lipinski definition) is 3. The number of nitrogen functional groups attached to an aromatic ring is 1. The van der Waals surface area contributed by atoms with E-state index in [1.165, 1.54) is 12.1 Å². The molecule has 3 nitrogen and oxygen atoms in total. The minimum atomic E-state index is -2.14. The summed E-state index contributed by atoms with van der Waals surface area (Å²) in [6.45, 7) is 0. The first-order valence-corrected chi connectivity index (χ1v) is 3.72. The van der Waals surface area contributed by atoms with Gasteiger partial charge in [-0.1, -0.05) is 0 Å². The molecule has 0 aliphatic rings. The van der Waals surface area contributed by atoms with Crippen LogP contribution in [0.4, 0.5) is 5.69 Å². The summed E-state index contributed by atoms with van der Waals surface area (Å²) < 4.78 is 20.5. The van der Waals surface area contributed by atoms with Gasteiger partial charge in [-0.15, -0.1) is 0 Å². The number of rotatable bonds is 1. The monoisotopic (exact) mass is 245 g/mol. The van der Waals surface area contributed by atoms with E-state index in [0.29, 0.717) is 5.69 Å². The molecule has 0 aliphatic heterocycles. The van der Waals surface area contributed by atoms with Crippen LogP contribution in [0, 0.1) is 0 Å². The molecule has 0 spiro atoms. The molecule has 0 saturated carbocycles. The van der Waals surface area contributed by atoms with E-state index in [2.05, 4.69) is 0 Å². The summed E-state index contributed by atoms with van der Waals surface area (Å²) in [5.41, 5.74) is 5.89. The Labute approximate surface area is 92.5 Å². The first-order chi connectivity index (χ1) is 4.70. The van der Waals surface area contributed by atoms with Gasteiger partial charge in [-0.2, -0.15) is 0 Å². The summed E-state index contributed by atoms with van der Waals surface area (Å²) in [5.74, 6) is 0. The summed E-state index contributed by atoms with van der Waals surface area (Å²) >= 11 is -2.14. The molecule has 1 atom stereocenters. The van der Waals surface area contributed by atoms with Gasteiger partial charge in [0.2, 0.25) is 0 Å². The van der Waals surface area contributed by atoms with Crippen molar-refractivity contribution in [2.24, 2.45) is 0 Å². The molecule has 5 heteroatoms. The fourth-order valence-corrected chi connectivity index (χ4v) is 0.937. The minimum absolute atomic E-state index is 0. The van der Waals surface area contributed by atoms with Gasteiger partial charge in [0, 0.05) is 10.6 Å². The molecule has 2 N–H and O–H groups in total. The van der Waals surface area contributed by atoms with Crippen LogP contribution in [0.5, 0.6) is 0 Å². The summed E-state index contributed by atoms with van der Waals surface area (Å²) in [7, 11) is 0. The Morgan fingerprint density at radius 2 is 1.73 bits per heavy atom. The van der Waals surface area contributed by atoms with Crippen molar-refractivity contribution in [3.8, 4) is 0 Å². The quantitative estimate of drug-likeness (QED) is 0.578. The molecule has 54 valence electrons. The second kappa shape index (κ2) is 4.98. The summed E-state index contributed by atoms with van der Waals surface area (Å²) in [6.07, 6.45) is 0. The average Bonchev–Trinajstić information content (AvgIpc) is 1.88. The van der Waals surface area contributed by atoms with Crippen LogP contribution >= 0.6 is 0 Å². The van der Waals surface area contributed by atoms with Crippen LogP contribution in [0.15, 0.2) is 29.2 Å². The first-order valence-electron chi connectivity index (χ1n) is 2.65. The molecule has 1 rings (SSSR count). The smallest absolute Gasteiger partial charge is 0.768 e. The zero-order chi connectivity index (χ0) is 7.56. The predicted octanol–water partition coefficient (Wildman–Crippen LogP) is 0.504. The van der Waals surface area contributed by atoms with Crippen LogP contribution in [0.25, 0.3) is 0 Å². The number of anilines is 1. The van der Waals surface area contributed by atoms with Gasteiger partial charge in [-0.25, -0.2) is 0 Å². The molecule has 0 amide bonds. The predicted molar refractivity (Wildman–Crippen MR) is 38.0 cm³/mol. The number of nitrogens with two attached hydrogens (primary N) is 1. The summed E-state index contributed by atoms with van der Waals surface area (Å²) in [5, 5.41) is 0. The second-order valence-corrected chi connectivity index (χ2v) is 2.74. The normalized spacial score (nSPS) is 11.7. The van der Waals surface area contributed by atoms with Crippen LogP contribution < -0.4 is 5.73 Å². The fourth-order valence-electron chi connectivity index (χ4n) is 0.579. The van der Waals surface area contributed by atoms with E-state index in [4.69, 9.17) is 5.73 Å². The van der Waals surface area contributed by atoms with Gasteiger partial charge in [0.25, 0.3) is 0 Å². The Hall–Kier alpha value is 0.234. The number of benzene rings is 1. The Morgan fingerprint density at radius 1 is 1.27 bits per heavy atom. The van der Waals surface area contributed by atoms with Gasteiger partial charge < -0.3 is 10.3 Å². The topological polar surface area (TPSA) is 66.2 Å². The molecule has 0 fully saturated rings. The van der Waals surface area contributed by atoms with Gasteiger partial charge >= 0.3 is 32.7 Å². The Morgan fingerprint density at radius 3 is 2.09 bits per heavy atom. The van der Waals surface area contributed by atoms with E-state index >= 15 is 0 Å². The van der Waals surface area contributed by atoms with E-state index in [1.807, 2.05) is 0 Å². The molecular formula is C6H6NO2SY+2. The van der Waals surface area contributed by atoms with Crippen molar-refractivity contribution >= 4 is 16.8 Å². The molecule has 1 aromatic carbocycles. The first kappa shape index (κ1) is 11.2. The molecule has 0 radical (unpaired) electrons. The molecule has 0 bridgehead atoms. The van der Waals surface area contributed by atoms with Crippen LogP contribution in [0.1, 0.15) is 0 Å². The van der Waals surface area contributed by atoms with Crippen LogP contribution in [0.2, 0.25) is 0 Å². The van der Waals surface area contributed by atoms with Crippen molar-refractivity contribution in [3.05, 3.63) is 24.3 Å². The third-order valence-corrected chi connectivity index (χ3v) is 1.73. The Bertz CT molecular complexity index is 249. The third-order valence-electron chi connectivity index (χ3n) is 1.07. The largest absolute Gasteiger partial charge is 3.00 e. The van der Waals surface area contributed by atoms with Crippen molar-refractivity contribution in [1.82, 2.24) is 0 Å². The molecule has 1 unspecified atom stereocenters. The van der Waals surface area contributed by atoms with Crippen molar-refractivity contribution in [2.45, 2.75) is 4.90 Å². The van der Waals surface area contributed by atoms with Crippen molar-refractivity contribution in [3.63, 3.8) is 0 Å². The molecule has 11 heavy (non-hydrogen) atoms. The maximum Gasteiger partial charge on any atom is 3.00 e. The van der Waals surface area contributed by atoms with Crippen LogP contribution in [-0.4, -0.2) is 8.76 Å². The average molecular weight is 245 g/mol. The van der Waals surface area contributed by atoms with Crippen molar-refractivity contribution in [1.29, 1.82) is 0 Å². The van der Waals surface area contributed by atoms with Crippen molar-refractivity contribution < 1.29 is 41.5 Å². The molecule has 0 heterocycles. The number of hydrogen-bond donors (Lipinski definition) is 1. The fraction of sp³-hybridized carbons (Fsp3) is 0. The van der Waals surface area contributed by atoms with Gasteiger partial charge in [0.1, 0.15) is 0 Å². The summed E-state index contributed by atoms with van der Waals surface area (Å²) in [6, 6.07) is 6.01. The Balaban J connectivity index is 0.000001000. The van der Waals surface area contributed by atoms with Crippen LogP contribution in [-0.2, 0) is 43.8 Å². The van der Waals surface area contributed by atoms with Gasteiger partial charge in [0.05, 0.1) is 0 Å². The van der Waals surface area contributed by atoms with Gasteiger partial charge in [-0.05, 0) is 35.3 Å². The standard InChI is InChI=1S/C6H7NO2S.Y/c7-5-1-3-6(4-2-5)10(8)9;/h1-4H,7H2,(H,8,9);/q;+3/p-1. The maximum absolute atomic E-state index is 10.3. The molecule has 0 aromatic heterocycles. The third kappa shape index (κ3) is 3.42. The van der Waals surface area contributed by atoms with Crippen LogP contribution in [0.3, 0.4) is 0 Å². The Kier molecular flexibility index (Phi) is 5.09. The van der Waals surface area contributed by atoms with Gasteiger partial charge in [-0.3, -0.25) is 4.21 Å². The van der Waals surface area contributed by atoms with E-state index in [-0.39, 0.29) is 37.6 Å². The molecule has 0 aliphatic carbocycles. The SMILES string of the molecule is Nc1ccc(S(=O)[O-])cc1.[Y+3]. The molecule has 1 aromatic rings. The van der Waals surface area contributed by atoms with E-state index in [1.54, 1.807) is 12.1 Å². The minimum Gasteiger partial charge on any atom is -0.768 e.